The van der Waals surface area contributed by atoms with Gasteiger partial charge in [-0.1, -0.05) is 59.0 Å². The van der Waals surface area contributed by atoms with E-state index in [2.05, 4.69) is 10.1 Å². The molecule has 1 atom stereocenters. The lowest BCUT2D eigenvalue weighted by Crippen LogP contribution is -2.33. The average molecular weight is 608 g/mol. The maximum Gasteiger partial charge on any atom is 0.248 e. The lowest BCUT2D eigenvalue weighted by atomic mass is 9.92. The van der Waals surface area contributed by atoms with E-state index < -0.39 is 11.5 Å². The van der Waals surface area contributed by atoms with Gasteiger partial charge in [-0.15, -0.1) is 0 Å². The van der Waals surface area contributed by atoms with Crippen LogP contribution in [0.4, 0.5) is 5.82 Å². The molecule has 3 rings (SSSR count). The predicted molar refractivity (Wildman–Crippen MR) is 161 cm³/mol. The summed E-state index contributed by atoms with van der Waals surface area (Å²) >= 11 is 19.2. The second kappa shape index (κ2) is 14.6. The number of carbonyl (C=O) groups excluding carboxylic acids is 1. The number of oxime groups is 1. The number of halogens is 3. The second-order valence-electron chi connectivity index (χ2n) is 9.34. The highest BCUT2D eigenvalue weighted by Crippen LogP contribution is 2.34. The van der Waals surface area contributed by atoms with Gasteiger partial charge in [0.25, 0.3) is 0 Å². The minimum Gasteiger partial charge on any atom is -0.493 e. The largest absolute Gasteiger partial charge is 0.493 e. The third-order valence-corrected chi connectivity index (χ3v) is 7.24. The van der Waals surface area contributed by atoms with Crippen LogP contribution in [-0.2, 0) is 10.4 Å². The average Bonchev–Trinajstić information content (AvgIpc) is 2.91. The van der Waals surface area contributed by atoms with Crippen molar-refractivity contribution in [2.24, 2.45) is 10.9 Å². The van der Waals surface area contributed by atoms with Gasteiger partial charge >= 0.3 is 0 Å². The van der Waals surface area contributed by atoms with Crippen LogP contribution in [0.2, 0.25) is 15.1 Å². The summed E-state index contributed by atoms with van der Waals surface area (Å²) in [5.74, 6) is 0.640. The third kappa shape index (κ3) is 8.24. The van der Waals surface area contributed by atoms with E-state index in [0.29, 0.717) is 75.0 Å². The second-order valence-corrected chi connectivity index (χ2v) is 10.6. The highest BCUT2D eigenvalue weighted by Gasteiger charge is 2.27. The molecule has 1 amide bonds. The standard InChI is InChI=1S/C29H33Cl3N4O4/c1-4-14-36(26-17-19(28(33)37)10-13-34-26)15-12-29(2,38)21-9-8-20(18-24(21)32)40-16-11-25(35-39-3)27-22(30)6-5-7-23(27)31/h5-10,13,17-18,38H,4,11-12,14-16H2,1-3H3,(H2,33,37)/b35-25+. The molecule has 0 aliphatic carbocycles. The van der Waals surface area contributed by atoms with Gasteiger partial charge in [-0.3, -0.25) is 4.79 Å². The van der Waals surface area contributed by atoms with E-state index in [4.69, 9.17) is 50.1 Å². The zero-order valence-electron chi connectivity index (χ0n) is 22.7. The topological polar surface area (TPSA) is 110 Å². The molecule has 2 aromatic carbocycles. The number of benzene rings is 2. The Balaban J connectivity index is 1.67. The number of nitrogens with zero attached hydrogens (tertiary/aromatic N) is 3. The molecule has 0 saturated carbocycles. The summed E-state index contributed by atoms with van der Waals surface area (Å²) in [5, 5.41) is 16.7. The van der Waals surface area contributed by atoms with E-state index in [-0.39, 0.29) is 6.61 Å². The van der Waals surface area contributed by atoms with Gasteiger partial charge < -0.3 is 25.3 Å². The first-order valence-corrected chi connectivity index (χ1v) is 13.9. The van der Waals surface area contributed by atoms with Gasteiger partial charge in [0, 0.05) is 42.4 Å². The molecule has 40 heavy (non-hydrogen) atoms. The number of ether oxygens (including phenoxy) is 1. The first-order chi connectivity index (χ1) is 19.1. The molecule has 0 radical (unpaired) electrons. The van der Waals surface area contributed by atoms with Crippen LogP contribution in [0.25, 0.3) is 0 Å². The van der Waals surface area contributed by atoms with Crippen molar-refractivity contribution in [3.63, 3.8) is 0 Å². The Hall–Kier alpha value is -3.04. The monoisotopic (exact) mass is 606 g/mol. The quantitative estimate of drug-likeness (QED) is 0.160. The van der Waals surface area contributed by atoms with Crippen molar-refractivity contribution in [1.82, 2.24) is 4.98 Å². The lowest BCUT2D eigenvalue weighted by molar-refractivity contribution is 0.0498. The van der Waals surface area contributed by atoms with Crippen LogP contribution in [-0.4, -0.2) is 48.5 Å². The zero-order chi connectivity index (χ0) is 29.3. The van der Waals surface area contributed by atoms with Crippen molar-refractivity contribution in [2.45, 2.75) is 38.7 Å². The number of hydrogen-bond acceptors (Lipinski definition) is 7. The van der Waals surface area contributed by atoms with E-state index in [1.165, 1.54) is 7.11 Å². The molecular formula is C29H33Cl3N4O4. The van der Waals surface area contributed by atoms with Crippen molar-refractivity contribution in [3.8, 4) is 5.75 Å². The highest BCUT2D eigenvalue weighted by molar-refractivity contribution is 6.40. The molecule has 1 aromatic heterocycles. The normalized spacial score (nSPS) is 13.0. The lowest BCUT2D eigenvalue weighted by Gasteiger charge is -2.30. The summed E-state index contributed by atoms with van der Waals surface area (Å²) in [5.41, 5.74) is 6.29. The van der Waals surface area contributed by atoms with E-state index >= 15 is 0 Å². The molecule has 11 heteroatoms. The maximum absolute atomic E-state index is 11.6. The Kier molecular flexibility index (Phi) is 11.5. The highest BCUT2D eigenvalue weighted by atomic mass is 35.5. The smallest absolute Gasteiger partial charge is 0.248 e. The van der Waals surface area contributed by atoms with Gasteiger partial charge in [0.2, 0.25) is 5.91 Å². The van der Waals surface area contributed by atoms with Crippen molar-refractivity contribution in [3.05, 3.63) is 86.5 Å². The van der Waals surface area contributed by atoms with E-state index in [1.54, 1.807) is 61.7 Å². The number of pyridine rings is 1. The molecule has 0 bridgehead atoms. The van der Waals surface area contributed by atoms with Crippen LogP contribution in [0.5, 0.6) is 5.75 Å². The van der Waals surface area contributed by atoms with E-state index in [9.17, 15) is 9.90 Å². The SMILES string of the molecule is CCCN(CCC(C)(O)c1ccc(OCC/C(=N\OC)c2c(Cl)cccc2Cl)cc1Cl)c1cc(C(N)=O)ccn1. The summed E-state index contributed by atoms with van der Waals surface area (Å²) in [7, 11) is 1.45. The fourth-order valence-corrected chi connectivity index (χ4v) is 5.22. The number of nitrogens with two attached hydrogens (primary N) is 1. The molecule has 0 saturated heterocycles. The third-order valence-electron chi connectivity index (χ3n) is 6.30. The minimum absolute atomic E-state index is 0.263. The van der Waals surface area contributed by atoms with Crippen LogP contribution in [0, 0.1) is 0 Å². The molecule has 0 aliphatic heterocycles. The number of anilines is 1. The number of carbonyl (C=O) groups is 1. The Labute approximate surface area is 249 Å². The molecule has 0 spiro atoms. The van der Waals surface area contributed by atoms with Crippen molar-refractivity contribution >= 4 is 52.2 Å². The molecule has 3 N–H and O–H groups in total. The minimum atomic E-state index is -1.23. The summed E-state index contributed by atoms with van der Waals surface area (Å²) in [6.45, 7) is 5.20. The summed E-state index contributed by atoms with van der Waals surface area (Å²) in [6.07, 6.45) is 3.16. The number of amides is 1. The van der Waals surface area contributed by atoms with Gasteiger partial charge in [0.05, 0.1) is 33.0 Å². The number of rotatable bonds is 14. The number of aliphatic hydroxyl groups is 1. The van der Waals surface area contributed by atoms with Crippen LogP contribution in [0.1, 0.15) is 54.6 Å². The summed E-state index contributed by atoms with van der Waals surface area (Å²) in [4.78, 5) is 23.0. The van der Waals surface area contributed by atoms with Crippen LogP contribution >= 0.6 is 34.8 Å². The number of hydrogen-bond donors (Lipinski definition) is 2. The van der Waals surface area contributed by atoms with E-state index in [1.807, 2.05) is 11.8 Å². The van der Waals surface area contributed by atoms with Gasteiger partial charge in [0.1, 0.15) is 18.7 Å². The zero-order valence-corrected chi connectivity index (χ0v) is 24.9. The molecular weight excluding hydrogens is 575 g/mol. The predicted octanol–water partition coefficient (Wildman–Crippen LogP) is 6.47. The molecule has 214 valence electrons. The Morgan fingerprint density at radius 3 is 2.45 bits per heavy atom. The molecule has 1 unspecified atom stereocenters. The number of aromatic nitrogens is 1. The summed E-state index contributed by atoms with van der Waals surface area (Å²) in [6, 6.07) is 13.6. The van der Waals surface area contributed by atoms with Crippen molar-refractivity contribution in [1.29, 1.82) is 0 Å². The first-order valence-electron chi connectivity index (χ1n) is 12.8. The van der Waals surface area contributed by atoms with Gasteiger partial charge in [-0.25, -0.2) is 4.98 Å². The molecule has 0 aliphatic rings. The van der Waals surface area contributed by atoms with Gasteiger partial charge in [-0.05, 0) is 56.2 Å². The molecule has 3 aromatic rings. The molecule has 8 nitrogen and oxygen atoms in total. The van der Waals surface area contributed by atoms with Crippen LogP contribution in [0.15, 0.2) is 59.9 Å². The van der Waals surface area contributed by atoms with Gasteiger partial charge in [-0.2, -0.15) is 0 Å². The first kappa shape index (κ1) is 31.5. The summed E-state index contributed by atoms with van der Waals surface area (Å²) < 4.78 is 5.91. The fourth-order valence-electron chi connectivity index (χ4n) is 4.23. The van der Waals surface area contributed by atoms with Crippen molar-refractivity contribution in [2.75, 3.05) is 31.7 Å². The fraction of sp³-hybridized carbons (Fsp3) is 0.345. The van der Waals surface area contributed by atoms with Crippen LogP contribution in [0.3, 0.4) is 0 Å². The van der Waals surface area contributed by atoms with Gasteiger partial charge in [0.15, 0.2) is 0 Å². The van der Waals surface area contributed by atoms with E-state index in [0.717, 1.165) is 6.42 Å². The maximum atomic E-state index is 11.6. The number of primary amides is 1. The van der Waals surface area contributed by atoms with Crippen LogP contribution < -0.4 is 15.4 Å². The molecule has 1 heterocycles. The Bertz CT molecular complexity index is 1330. The Morgan fingerprint density at radius 2 is 1.82 bits per heavy atom. The van der Waals surface area contributed by atoms with Crippen molar-refractivity contribution < 1.29 is 19.5 Å². The molecule has 0 fully saturated rings. The Morgan fingerprint density at radius 1 is 1.10 bits per heavy atom.